The lowest BCUT2D eigenvalue weighted by Gasteiger charge is -2.33. The van der Waals surface area contributed by atoms with E-state index in [2.05, 4.69) is 10.1 Å². The van der Waals surface area contributed by atoms with E-state index in [4.69, 9.17) is 4.74 Å². The molecule has 2 aromatic heterocycles. The van der Waals surface area contributed by atoms with Gasteiger partial charge in [-0.15, -0.1) is 13.2 Å². The van der Waals surface area contributed by atoms with E-state index in [1.807, 2.05) is 0 Å². The van der Waals surface area contributed by atoms with Crippen LogP contribution in [-0.2, 0) is 17.6 Å². The Morgan fingerprint density at radius 3 is 2.57 bits per heavy atom. The topological polar surface area (TPSA) is 80.2 Å². The molecule has 0 spiro atoms. The van der Waals surface area contributed by atoms with Crippen molar-refractivity contribution in [1.29, 1.82) is 0 Å². The number of nitrogens with zero attached hydrogens (tertiary/aromatic N) is 3. The minimum Gasteiger partial charge on any atom is -0.373 e. The van der Waals surface area contributed by atoms with Gasteiger partial charge < -0.3 is 14.6 Å². The van der Waals surface area contributed by atoms with Crippen molar-refractivity contribution in [1.82, 2.24) is 19.7 Å². The van der Waals surface area contributed by atoms with E-state index in [1.165, 1.54) is 7.05 Å². The normalized spacial score (nSPS) is 16.5. The van der Waals surface area contributed by atoms with Crippen LogP contribution in [0.15, 0.2) is 29.3 Å². The molecule has 12 heteroatoms. The van der Waals surface area contributed by atoms with Crippen LogP contribution in [0.3, 0.4) is 0 Å². The van der Waals surface area contributed by atoms with Gasteiger partial charge in [0.25, 0.3) is 11.5 Å². The largest absolute Gasteiger partial charge is 0.504 e. The van der Waals surface area contributed by atoms with Crippen LogP contribution in [0.1, 0.15) is 27.7 Å². The van der Waals surface area contributed by atoms with Gasteiger partial charge in [0.15, 0.2) is 11.6 Å². The van der Waals surface area contributed by atoms with Crippen molar-refractivity contribution in [3.05, 3.63) is 63.3 Å². The van der Waals surface area contributed by atoms with Gasteiger partial charge in [0.05, 0.1) is 36.4 Å². The number of rotatable bonds is 2. The number of hydrogen-bond donors (Lipinski definition) is 1. The first-order valence-corrected chi connectivity index (χ1v) is 8.58. The molecule has 1 aromatic carbocycles. The highest BCUT2D eigenvalue weighted by atomic mass is 19.4. The predicted molar refractivity (Wildman–Crippen MR) is 92.5 cm³/mol. The lowest BCUT2D eigenvalue weighted by Crippen LogP contribution is -2.37. The molecule has 1 N–H and O–H groups in total. The number of H-pyrrole nitrogens is 1. The van der Waals surface area contributed by atoms with Gasteiger partial charge in [0.2, 0.25) is 0 Å². The number of ether oxygens (including phenoxy) is 1. The summed E-state index contributed by atoms with van der Waals surface area (Å²) in [7, 11) is 1.33. The Labute approximate surface area is 164 Å². The Bertz CT molecular complexity index is 1220. The number of fused-ring (bicyclic) bond motifs is 3. The Morgan fingerprint density at radius 2 is 1.93 bits per heavy atom. The highest BCUT2D eigenvalue weighted by molar-refractivity contribution is 5.94. The fraction of sp³-hybridized carbons (Fsp3) is 0.278. The van der Waals surface area contributed by atoms with E-state index in [1.54, 1.807) is 0 Å². The third kappa shape index (κ3) is 3.22. The van der Waals surface area contributed by atoms with Gasteiger partial charge in [-0.3, -0.25) is 9.59 Å². The maximum Gasteiger partial charge on any atom is 0.504 e. The molecule has 1 amide bonds. The van der Waals surface area contributed by atoms with Gasteiger partial charge in [-0.05, 0) is 17.5 Å². The van der Waals surface area contributed by atoms with Crippen molar-refractivity contribution in [3.63, 3.8) is 0 Å². The molecule has 7 nitrogen and oxygen atoms in total. The zero-order valence-electron chi connectivity index (χ0n) is 15.3. The summed E-state index contributed by atoms with van der Waals surface area (Å²) in [6.07, 6.45) is -3.46. The molecule has 0 saturated heterocycles. The van der Waals surface area contributed by atoms with Gasteiger partial charge in [0.1, 0.15) is 0 Å². The van der Waals surface area contributed by atoms with Crippen molar-refractivity contribution in [2.24, 2.45) is 0 Å². The SMILES string of the molecule is CN(C(=O)c1cnn(C(F)(F)F)c1)[C@@H]1COCc2[nH]c(=O)c3cc(F)c(F)cc3c21. The number of aromatic amines is 1. The highest BCUT2D eigenvalue weighted by Gasteiger charge is 2.35. The summed E-state index contributed by atoms with van der Waals surface area (Å²) < 4.78 is 70.9. The van der Waals surface area contributed by atoms with Crippen LogP contribution >= 0.6 is 0 Å². The molecule has 0 fully saturated rings. The van der Waals surface area contributed by atoms with Crippen LogP contribution in [0.4, 0.5) is 22.0 Å². The minimum atomic E-state index is -4.78. The number of nitrogens with one attached hydrogen (secondary N) is 1. The Hall–Kier alpha value is -3.28. The molecule has 158 valence electrons. The fourth-order valence-electron chi connectivity index (χ4n) is 3.46. The number of carbonyl (C=O) groups excluding carboxylic acids is 1. The van der Waals surface area contributed by atoms with Gasteiger partial charge in [-0.25, -0.2) is 8.78 Å². The van der Waals surface area contributed by atoms with E-state index in [-0.39, 0.29) is 39.9 Å². The average molecular weight is 428 g/mol. The monoisotopic (exact) mass is 428 g/mol. The van der Waals surface area contributed by atoms with Crippen LogP contribution < -0.4 is 5.56 Å². The van der Waals surface area contributed by atoms with Crippen molar-refractivity contribution in [2.75, 3.05) is 13.7 Å². The van der Waals surface area contributed by atoms with Crippen molar-refractivity contribution < 1.29 is 31.5 Å². The molecular formula is C18H13F5N4O3. The molecule has 3 aromatic rings. The number of aromatic nitrogens is 3. The third-order valence-electron chi connectivity index (χ3n) is 4.92. The van der Waals surface area contributed by atoms with Gasteiger partial charge in [0, 0.05) is 24.5 Å². The molecule has 4 rings (SSSR count). The van der Waals surface area contributed by atoms with Crippen LogP contribution in [0.2, 0.25) is 0 Å². The van der Waals surface area contributed by atoms with E-state index < -0.39 is 35.4 Å². The first-order chi connectivity index (χ1) is 14.1. The molecule has 3 heterocycles. The summed E-state index contributed by atoms with van der Waals surface area (Å²) in [5.41, 5.74) is -0.394. The Balaban J connectivity index is 1.80. The Morgan fingerprint density at radius 1 is 1.27 bits per heavy atom. The standard InChI is InChI=1S/C18H13F5N4O3/c1-26(17(29)8-4-24-27(5-8)18(21,22)23)14-7-30-6-13-15(14)9-2-11(19)12(20)3-10(9)16(28)25-13/h2-5,14H,6-7H2,1H3,(H,25,28)/t14-/m1/s1. The molecule has 1 aliphatic rings. The number of benzene rings is 1. The lowest BCUT2D eigenvalue weighted by molar-refractivity contribution is -0.212. The van der Waals surface area contributed by atoms with Crippen molar-refractivity contribution in [2.45, 2.75) is 18.9 Å². The molecule has 0 saturated carbocycles. The van der Waals surface area contributed by atoms with Crippen LogP contribution in [-0.4, -0.2) is 39.2 Å². The number of hydrogen-bond acceptors (Lipinski definition) is 4. The average Bonchev–Trinajstić information content (AvgIpc) is 3.18. The second-order valence-corrected chi connectivity index (χ2v) is 6.75. The van der Waals surface area contributed by atoms with Gasteiger partial charge in [-0.2, -0.15) is 9.78 Å². The highest BCUT2D eigenvalue weighted by Crippen LogP contribution is 2.34. The third-order valence-corrected chi connectivity index (χ3v) is 4.92. The summed E-state index contributed by atoms with van der Waals surface area (Å²) in [5.74, 6) is -3.18. The first kappa shape index (κ1) is 20.0. The Kier molecular flexibility index (Phi) is 4.60. The number of likely N-dealkylation sites (N-methyl/N-ethyl adjacent to an activating group) is 1. The van der Waals surface area contributed by atoms with Gasteiger partial charge in [-0.1, -0.05) is 0 Å². The van der Waals surface area contributed by atoms with Crippen LogP contribution in [0.25, 0.3) is 10.8 Å². The molecule has 1 atom stereocenters. The maximum atomic E-state index is 13.9. The molecule has 1 aliphatic heterocycles. The number of pyridine rings is 1. The zero-order valence-corrected chi connectivity index (χ0v) is 15.3. The molecule has 0 unspecified atom stereocenters. The fourth-order valence-corrected chi connectivity index (χ4v) is 3.46. The minimum absolute atomic E-state index is 0.0377. The second kappa shape index (κ2) is 6.90. The summed E-state index contributed by atoms with van der Waals surface area (Å²) in [6, 6.07) is 0.738. The molecule has 0 aliphatic carbocycles. The first-order valence-electron chi connectivity index (χ1n) is 8.58. The van der Waals surface area contributed by atoms with E-state index in [0.29, 0.717) is 11.8 Å². The van der Waals surface area contributed by atoms with E-state index in [9.17, 15) is 31.5 Å². The molecular weight excluding hydrogens is 415 g/mol. The summed E-state index contributed by atoms with van der Waals surface area (Å²) in [5, 5.41) is 3.11. The summed E-state index contributed by atoms with van der Waals surface area (Å²) >= 11 is 0. The van der Waals surface area contributed by atoms with Crippen LogP contribution in [0, 0.1) is 11.6 Å². The molecule has 0 radical (unpaired) electrons. The van der Waals surface area contributed by atoms with Crippen molar-refractivity contribution in [3.8, 4) is 0 Å². The molecule has 0 bridgehead atoms. The number of carbonyl (C=O) groups is 1. The number of alkyl halides is 3. The lowest BCUT2D eigenvalue weighted by atomic mass is 9.95. The second-order valence-electron chi connectivity index (χ2n) is 6.75. The zero-order chi connectivity index (χ0) is 21.8. The number of halogens is 5. The smallest absolute Gasteiger partial charge is 0.373 e. The summed E-state index contributed by atoms with van der Waals surface area (Å²) in [4.78, 5) is 28.6. The van der Waals surface area contributed by atoms with E-state index >= 15 is 0 Å². The predicted octanol–water partition coefficient (Wildman–Crippen LogP) is 2.82. The van der Waals surface area contributed by atoms with Crippen LogP contribution in [0.5, 0.6) is 0 Å². The van der Waals surface area contributed by atoms with Crippen molar-refractivity contribution >= 4 is 16.7 Å². The number of amides is 1. The van der Waals surface area contributed by atoms with E-state index in [0.717, 1.165) is 23.2 Å². The quantitative estimate of drug-likeness (QED) is 0.637. The maximum absolute atomic E-state index is 13.9. The summed E-state index contributed by atoms with van der Waals surface area (Å²) in [6.45, 7) is -0.104. The van der Waals surface area contributed by atoms with Gasteiger partial charge >= 0.3 is 6.30 Å². The molecule has 30 heavy (non-hydrogen) atoms.